The number of para-hydroxylation sites is 1. The first-order valence-electron chi connectivity index (χ1n) is 10.6. The van der Waals surface area contributed by atoms with Crippen molar-refractivity contribution in [3.63, 3.8) is 0 Å². The molecule has 0 aromatic heterocycles. The number of hydrogen-bond acceptors (Lipinski definition) is 3. The summed E-state index contributed by atoms with van der Waals surface area (Å²) in [5.41, 5.74) is 3.52. The molecule has 0 saturated carbocycles. The van der Waals surface area contributed by atoms with Gasteiger partial charge in [-0.2, -0.15) is 0 Å². The van der Waals surface area contributed by atoms with E-state index in [1.54, 1.807) is 6.92 Å². The Morgan fingerprint density at radius 2 is 1.63 bits per heavy atom. The van der Waals surface area contributed by atoms with Gasteiger partial charge < -0.3 is 10.1 Å². The standard InChI is InChI=1S/C26H28N2O2/c1-20(29)27-24-7-5-6-23(18-24)22-14-16-28(17-15-22)19-21-10-12-26(13-11-21)30-25-8-3-2-4-9-25/h2-13,18,22H,14-17,19H2,1H3,(H,27,29). The van der Waals surface area contributed by atoms with Crippen LogP contribution in [-0.2, 0) is 11.3 Å². The number of carbonyl (C=O) groups excluding carboxylic acids is 1. The molecule has 1 N–H and O–H groups in total. The Bertz CT molecular complexity index is 962. The van der Waals surface area contributed by atoms with Gasteiger partial charge in [0.2, 0.25) is 5.91 Å². The van der Waals surface area contributed by atoms with Gasteiger partial charge in [0.25, 0.3) is 0 Å². The molecule has 1 amide bonds. The van der Waals surface area contributed by atoms with Crippen LogP contribution in [0.1, 0.15) is 36.8 Å². The third-order valence-corrected chi connectivity index (χ3v) is 5.57. The number of piperidine rings is 1. The Morgan fingerprint density at radius 1 is 0.933 bits per heavy atom. The summed E-state index contributed by atoms with van der Waals surface area (Å²) in [6.07, 6.45) is 2.28. The number of benzene rings is 3. The van der Waals surface area contributed by atoms with E-state index >= 15 is 0 Å². The number of anilines is 1. The molecule has 3 aromatic rings. The van der Waals surface area contributed by atoms with Crippen LogP contribution in [0.5, 0.6) is 11.5 Å². The molecule has 4 rings (SSSR count). The summed E-state index contributed by atoms with van der Waals surface area (Å²) >= 11 is 0. The van der Waals surface area contributed by atoms with E-state index in [1.165, 1.54) is 11.1 Å². The monoisotopic (exact) mass is 400 g/mol. The van der Waals surface area contributed by atoms with Crippen molar-refractivity contribution in [2.24, 2.45) is 0 Å². The maximum atomic E-state index is 11.3. The summed E-state index contributed by atoms with van der Waals surface area (Å²) < 4.78 is 5.88. The quantitative estimate of drug-likeness (QED) is 0.567. The summed E-state index contributed by atoms with van der Waals surface area (Å²) in [6, 6.07) is 26.5. The van der Waals surface area contributed by atoms with Crippen molar-refractivity contribution in [1.29, 1.82) is 0 Å². The molecule has 3 aromatic carbocycles. The predicted molar refractivity (Wildman–Crippen MR) is 121 cm³/mol. The summed E-state index contributed by atoms with van der Waals surface area (Å²) in [4.78, 5) is 13.8. The minimum Gasteiger partial charge on any atom is -0.457 e. The van der Waals surface area contributed by atoms with Crippen molar-refractivity contribution < 1.29 is 9.53 Å². The lowest BCUT2D eigenvalue weighted by molar-refractivity contribution is -0.114. The van der Waals surface area contributed by atoms with E-state index < -0.39 is 0 Å². The highest BCUT2D eigenvalue weighted by atomic mass is 16.5. The van der Waals surface area contributed by atoms with Crippen molar-refractivity contribution in [2.45, 2.75) is 32.2 Å². The number of nitrogens with one attached hydrogen (secondary N) is 1. The van der Waals surface area contributed by atoms with E-state index in [0.717, 1.165) is 49.7 Å². The molecule has 154 valence electrons. The van der Waals surface area contributed by atoms with Crippen LogP contribution < -0.4 is 10.1 Å². The lowest BCUT2D eigenvalue weighted by atomic mass is 9.89. The Kier molecular flexibility index (Phi) is 6.45. The molecule has 1 aliphatic rings. The second kappa shape index (κ2) is 9.59. The van der Waals surface area contributed by atoms with Gasteiger partial charge in [-0.3, -0.25) is 9.69 Å². The van der Waals surface area contributed by atoms with Gasteiger partial charge in [0.05, 0.1) is 0 Å². The Hall–Kier alpha value is -3.11. The van der Waals surface area contributed by atoms with Crippen LogP contribution in [0, 0.1) is 0 Å². The highest BCUT2D eigenvalue weighted by Crippen LogP contribution is 2.30. The maximum absolute atomic E-state index is 11.3. The topological polar surface area (TPSA) is 41.6 Å². The van der Waals surface area contributed by atoms with E-state index in [0.29, 0.717) is 5.92 Å². The molecule has 0 unspecified atom stereocenters. The molecular formula is C26H28N2O2. The highest BCUT2D eigenvalue weighted by Gasteiger charge is 2.21. The first-order chi connectivity index (χ1) is 14.7. The molecule has 1 saturated heterocycles. The van der Waals surface area contributed by atoms with E-state index in [-0.39, 0.29) is 5.91 Å². The Balaban J connectivity index is 1.29. The number of hydrogen-bond donors (Lipinski definition) is 1. The summed E-state index contributed by atoms with van der Waals surface area (Å²) in [5.74, 6) is 2.25. The zero-order valence-electron chi connectivity index (χ0n) is 17.4. The zero-order valence-corrected chi connectivity index (χ0v) is 17.4. The third kappa shape index (κ3) is 5.49. The second-order valence-corrected chi connectivity index (χ2v) is 7.92. The first-order valence-corrected chi connectivity index (χ1v) is 10.6. The summed E-state index contributed by atoms with van der Waals surface area (Å²) in [5, 5.41) is 2.89. The molecule has 0 bridgehead atoms. The fraction of sp³-hybridized carbons (Fsp3) is 0.269. The van der Waals surface area contributed by atoms with Gasteiger partial charge in [-0.25, -0.2) is 0 Å². The molecule has 1 aliphatic heterocycles. The fourth-order valence-corrected chi connectivity index (χ4v) is 4.04. The predicted octanol–water partition coefficient (Wildman–Crippen LogP) is 5.82. The van der Waals surface area contributed by atoms with E-state index in [2.05, 4.69) is 34.5 Å². The van der Waals surface area contributed by atoms with Crippen LogP contribution in [0.2, 0.25) is 0 Å². The number of nitrogens with zero attached hydrogens (tertiary/aromatic N) is 1. The number of amides is 1. The fourth-order valence-electron chi connectivity index (χ4n) is 4.04. The van der Waals surface area contributed by atoms with Crippen LogP contribution >= 0.6 is 0 Å². The molecule has 4 nitrogen and oxygen atoms in total. The Labute approximate surface area is 178 Å². The second-order valence-electron chi connectivity index (χ2n) is 7.92. The van der Waals surface area contributed by atoms with Crippen LogP contribution in [0.25, 0.3) is 0 Å². The number of carbonyl (C=O) groups is 1. The van der Waals surface area contributed by atoms with Crippen molar-refractivity contribution in [2.75, 3.05) is 18.4 Å². The molecule has 4 heteroatoms. The van der Waals surface area contributed by atoms with Crippen molar-refractivity contribution >= 4 is 11.6 Å². The number of likely N-dealkylation sites (tertiary alicyclic amines) is 1. The van der Waals surface area contributed by atoms with Crippen LogP contribution in [0.15, 0.2) is 78.9 Å². The lowest BCUT2D eigenvalue weighted by Crippen LogP contribution is -2.32. The van der Waals surface area contributed by atoms with Gasteiger partial charge in [-0.05, 0) is 79.4 Å². The van der Waals surface area contributed by atoms with Crippen molar-refractivity contribution in [3.05, 3.63) is 90.0 Å². The van der Waals surface area contributed by atoms with E-state index in [4.69, 9.17) is 4.74 Å². The average molecular weight is 401 g/mol. The normalized spacial score (nSPS) is 15.0. The maximum Gasteiger partial charge on any atom is 0.221 e. The average Bonchev–Trinajstić information content (AvgIpc) is 2.76. The summed E-state index contributed by atoms with van der Waals surface area (Å²) in [6.45, 7) is 4.67. The van der Waals surface area contributed by atoms with Gasteiger partial charge in [0.1, 0.15) is 11.5 Å². The third-order valence-electron chi connectivity index (χ3n) is 5.57. The SMILES string of the molecule is CC(=O)Nc1cccc(C2CCN(Cc3ccc(Oc4ccccc4)cc3)CC2)c1. The smallest absolute Gasteiger partial charge is 0.221 e. The largest absolute Gasteiger partial charge is 0.457 e. The van der Waals surface area contributed by atoms with Gasteiger partial charge in [0, 0.05) is 19.2 Å². The Morgan fingerprint density at radius 3 is 2.33 bits per heavy atom. The summed E-state index contributed by atoms with van der Waals surface area (Å²) in [7, 11) is 0. The molecule has 0 aliphatic carbocycles. The van der Waals surface area contributed by atoms with Gasteiger partial charge in [-0.1, -0.05) is 42.5 Å². The number of rotatable bonds is 6. The first kappa shape index (κ1) is 20.2. The molecule has 1 heterocycles. The van der Waals surface area contributed by atoms with Gasteiger partial charge in [0.15, 0.2) is 0 Å². The zero-order chi connectivity index (χ0) is 20.8. The van der Waals surface area contributed by atoms with Crippen molar-refractivity contribution in [3.8, 4) is 11.5 Å². The van der Waals surface area contributed by atoms with Crippen molar-refractivity contribution in [1.82, 2.24) is 4.90 Å². The van der Waals surface area contributed by atoms with Gasteiger partial charge in [-0.15, -0.1) is 0 Å². The van der Waals surface area contributed by atoms with E-state index in [9.17, 15) is 4.79 Å². The van der Waals surface area contributed by atoms with E-state index in [1.807, 2.05) is 54.6 Å². The highest BCUT2D eigenvalue weighted by molar-refractivity contribution is 5.88. The molecule has 1 fully saturated rings. The van der Waals surface area contributed by atoms with Crippen LogP contribution in [-0.4, -0.2) is 23.9 Å². The minimum absolute atomic E-state index is 0.0258. The molecule has 0 atom stereocenters. The van der Waals surface area contributed by atoms with Crippen LogP contribution in [0.3, 0.4) is 0 Å². The number of ether oxygens (including phenoxy) is 1. The van der Waals surface area contributed by atoms with Gasteiger partial charge >= 0.3 is 0 Å². The lowest BCUT2D eigenvalue weighted by Gasteiger charge is -2.32. The molecular weight excluding hydrogens is 372 g/mol. The molecule has 0 radical (unpaired) electrons. The molecule has 0 spiro atoms. The minimum atomic E-state index is -0.0258. The molecule has 30 heavy (non-hydrogen) atoms. The van der Waals surface area contributed by atoms with Crippen LogP contribution in [0.4, 0.5) is 5.69 Å².